The van der Waals surface area contributed by atoms with Crippen molar-refractivity contribution in [1.82, 2.24) is 30.0 Å². The molecule has 1 aliphatic heterocycles. The van der Waals surface area contributed by atoms with Gasteiger partial charge in [-0.1, -0.05) is 16.8 Å². The molecule has 5 rings (SSSR count). The topological polar surface area (TPSA) is 99.2 Å². The van der Waals surface area contributed by atoms with Crippen LogP contribution in [-0.2, 0) is 0 Å². The third kappa shape index (κ3) is 3.83. The molecule has 1 saturated heterocycles. The number of hydrogen-bond donors (Lipinski definition) is 0. The summed E-state index contributed by atoms with van der Waals surface area (Å²) in [5.74, 6) is 1.43. The summed E-state index contributed by atoms with van der Waals surface area (Å²) in [6, 6.07) is 9.37. The Hall–Kier alpha value is -4.01. The number of rotatable bonds is 5. The van der Waals surface area contributed by atoms with E-state index in [2.05, 4.69) is 20.3 Å². The van der Waals surface area contributed by atoms with Crippen molar-refractivity contribution in [3.05, 3.63) is 70.8 Å². The molecule has 1 fully saturated rings. The van der Waals surface area contributed by atoms with E-state index >= 15 is 0 Å². The van der Waals surface area contributed by atoms with Crippen LogP contribution >= 0.6 is 0 Å². The Morgan fingerprint density at radius 1 is 1.09 bits per heavy atom. The summed E-state index contributed by atoms with van der Waals surface area (Å²) in [7, 11) is 1.61. The molecule has 1 aliphatic rings. The normalized spacial score (nSPS) is 15.6. The highest BCUT2D eigenvalue weighted by Gasteiger charge is 2.35. The highest BCUT2D eigenvalue weighted by Crippen LogP contribution is 2.36. The summed E-state index contributed by atoms with van der Waals surface area (Å²) in [6.45, 7) is 6.61. The van der Waals surface area contributed by atoms with Crippen molar-refractivity contribution in [1.29, 1.82) is 0 Å². The fraction of sp³-hybridized carbons (Fsp3) is 0.320. The number of carbonyl (C=O) groups excluding carboxylic acids is 1. The minimum atomic E-state index is -0.277. The SMILES string of the molecule is COc1ccc(C)cc1-c1nc([C@@H]2CCCN2C(=O)c2cc(C)c(C)cc2-n2nccn2)no1. The number of carbonyl (C=O) groups is 1. The van der Waals surface area contributed by atoms with Crippen molar-refractivity contribution in [2.24, 2.45) is 0 Å². The van der Waals surface area contributed by atoms with Gasteiger partial charge in [-0.25, -0.2) is 0 Å². The molecule has 0 unspecified atom stereocenters. The Bertz CT molecular complexity index is 1340. The van der Waals surface area contributed by atoms with E-state index in [1.807, 2.05) is 56.0 Å². The van der Waals surface area contributed by atoms with Crippen molar-refractivity contribution in [2.45, 2.75) is 39.7 Å². The second-order valence-electron chi connectivity index (χ2n) is 8.59. The molecule has 0 saturated carbocycles. The highest BCUT2D eigenvalue weighted by atomic mass is 16.5. The highest BCUT2D eigenvalue weighted by molar-refractivity contribution is 5.98. The van der Waals surface area contributed by atoms with E-state index in [1.165, 1.54) is 4.80 Å². The predicted molar refractivity (Wildman–Crippen MR) is 125 cm³/mol. The van der Waals surface area contributed by atoms with E-state index in [9.17, 15) is 4.79 Å². The zero-order valence-electron chi connectivity index (χ0n) is 19.6. The monoisotopic (exact) mass is 458 g/mol. The number of amides is 1. The number of likely N-dealkylation sites (tertiary alicyclic amines) is 1. The van der Waals surface area contributed by atoms with Gasteiger partial charge in [0.05, 0.1) is 42.4 Å². The molecule has 3 heterocycles. The van der Waals surface area contributed by atoms with E-state index in [0.29, 0.717) is 35.3 Å². The molecule has 4 aromatic rings. The summed E-state index contributed by atoms with van der Waals surface area (Å²) in [4.78, 5) is 21.7. The first kappa shape index (κ1) is 21.8. The standard InChI is InChI=1S/C25H26N6O3/c1-15-7-8-22(33-4)19(12-15)24-28-23(29-34-24)20-6-5-11-30(20)25(32)18-13-16(2)17(3)14-21(18)31-26-9-10-27-31/h7-10,12-14,20H,5-6,11H2,1-4H3/t20-/m0/s1. The average molecular weight is 459 g/mol. The van der Waals surface area contributed by atoms with Gasteiger partial charge in [-0.3, -0.25) is 4.79 Å². The summed E-state index contributed by atoms with van der Waals surface area (Å²) >= 11 is 0. The van der Waals surface area contributed by atoms with Crippen LogP contribution in [0, 0.1) is 20.8 Å². The van der Waals surface area contributed by atoms with Gasteiger partial charge in [-0.2, -0.15) is 20.0 Å². The van der Waals surface area contributed by atoms with Crippen LogP contribution in [0.4, 0.5) is 0 Å². The smallest absolute Gasteiger partial charge is 0.261 e. The Morgan fingerprint density at radius 2 is 1.85 bits per heavy atom. The summed E-state index contributed by atoms with van der Waals surface area (Å²) < 4.78 is 11.1. The quantitative estimate of drug-likeness (QED) is 0.441. The molecule has 0 radical (unpaired) electrons. The van der Waals surface area contributed by atoms with Gasteiger partial charge < -0.3 is 14.2 Å². The maximum Gasteiger partial charge on any atom is 0.261 e. The molecular weight excluding hydrogens is 432 g/mol. The van der Waals surface area contributed by atoms with E-state index in [1.54, 1.807) is 19.5 Å². The summed E-state index contributed by atoms with van der Waals surface area (Å²) in [5.41, 5.74) is 5.10. The Labute approximate surface area is 197 Å². The minimum absolute atomic E-state index is 0.0996. The van der Waals surface area contributed by atoms with E-state index in [-0.39, 0.29) is 11.9 Å². The molecule has 1 amide bonds. The van der Waals surface area contributed by atoms with Crippen molar-refractivity contribution >= 4 is 5.91 Å². The first-order chi connectivity index (χ1) is 16.5. The van der Waals surface area contributed by atoms with Gasteiger partial charge >= 0.3 is 0 Å². The van der Waals surface area contributed by atoms with Gasteiger partial charge in [0.25, 0.3) is 11.8 Å². The molecular formula is C25H26N6O3. The van der Waals surface area contributed by atoms with Crippen LogP contribution < -0.4 is 4.74 Å². The maximum atomic E-state index is 13.8. The Kier molecular flexibility index (Phi) is 5.61. The number of methoxy groups -OCH3 is 1. The fourth-order valence-electron chi connectivity index (χ4n) is 4.38. The van der Waals surface area contributed by atoms with Crippen LogP contribution in [0.3, 0.4) is 0 Å². The molecule has 2 aromatic carbocycles. The van der Waals surface area contributed by atoms with Crippen LogP contribution in [0.15, 0.2) is 47.2 Å². The van der Waals surface area contributed by atoms with Crippen LogP contribution in [-0.4, -0.2) is 49.6 Å². The number of nitrogens with zero attached hydrogens (tertiary/aromatic N) is 6. The second kappa shape index (κ2) is 8.74. The van der Waals surface area contributed by atoms with E-state index in [0.717, 1.165) is 35.1 Å². The largest absolute Gasteiger partial charge is 0.496 e. The lowest BCUT2D eigenvalue weighted by Crippen LogP contribution is -2.32. The second-order valence-corrected chi connectivity index (χ2v) is 8.59. The third-order valence-corrected chi connectivity index (χ3v) is 6.32. The maximum absolute atomic E-state index is 13.8. The molecule has 34 heavy (non-hydrogen) atoms. The molecule has 9 nitrogen and oxygen atoms in total. The molecule has 174 valence electrons. The molecule has 0 N–H and O–H groups in total. The molecule has 9 heteroatoms. The lowest BCUT2D eigenvalue weighted by atomic mass is 10.0. The zero-order chi connectivity index (χ0) is 23.8. The lowest BCUT2D eigenvalue weighted by Gasteiger charge is -2.24. The number of ether oxygens (including phenoxy) is 1. The van der Waals surface area contributed by atoms with Crippen LogP contribution in [0.25, 0.3) is 17.1 Å². The van der Waals surface area contributed by atoms with Crippen LogP contribution in [0.5, 0.6) is 5.75 Å². The van der Waals surface area contributed by atoms with Crippen molar-refractivity contribution in [3.63, 3.8) is 0 Å². The predicted octanol–water partition coefficient (Wildman–Crippen LogP) is 4.23. The number of aromatic nitrogens is 5. The molecule has 0 spiro atoms. The Balaban J connectivity index is 1.49. The Morgan fingerprint density at radius 3 is 2.62 bits per heavy atom. The number of hydrogen-bond acceptors (Lipinski definition) is 7. The molecule has 0 aliphatic carbocycles. The summed E-state index contributed by atoms with van der Waals surface area (Å²) in [5, 5.41) is 12.7. The first-order valence-corrected chi connectivity index (χ1v) is 11.2. The van der Waals surface area contributed by atoms with Gasteiger partial charge in [-0.15, -0.1) is 0 Å². The van der Waals surface area contributed by atoms with E-state index < -0.39 is 0 Å². The van der Waals surface area contributed by atoms with Gasteiger partial charge in [0, 0.05) is 6.54 Å². The van der Waals surface area contributed by atoms with Crippen molar-refractivity contribution in [3.8, 4) is 22.9 Å². The van der Waals surface area contributed by atoms with E-state index in [4.69, 9.17) is 9.26 Å². The number of aryl methyl sites for hydroxylation is 3. The third-order valence-electron chi connectivity index (χ3n) is 6.32. The van der Waals surface area contributed by atoms with Crippen LogP contribution in [0.2, 0.25) is 0 Å². The lowest BCUT2D eigenvalue weighted by molar-refractivity contribution is 0.0728. The minimum Gasteiger partial charge on any atom is -0.496 e. The summed E-state index contributed by atoms with van der Waals surface area (Å²) in [6.07, 6.45) is 4.81. The van der Waals surface area contributed by atoms with Gasteiger partial charge in [-0.05, 0) is 69.0 Å². The van der Waals surface area contributed by atoms with Crippen molar-refractivity contribution < 1.29 is 14.1 Å². The fourth-order valence-corrected chi connectivity index (χ4v) is 4.38. The van der Waals surface area contributed by atoms with Gasteiger partial charge in [0.2, 0.25) is 0 Å². The van der Waals surface area contributed by atoms with Crippen molar-refractivity contribution in [2.75, 3.05) is 13.7 Å². The van der Waals surface area contributed by atoms with Gasteiger partial charge in [0.15, 0.2) is 5.82 Å². The zero-order valence-corrected chi connectivity index (χ0v) is 19.6. The molecule has 2 aromatic heterocycles. The van der Waals surface area contributed by atoms with Crippen LogP contribution in [0.1, 0.15) is 51.8 Å². The molecule has 0 bridgehead atoms. The molecule has 1 atom stereocenters. The van der Waals surface area contributed by atoms with Gasteiger partial charge in [0.1, 0.15) is 5.75 Å². The first-order valence-electron chi connectivity index (χ1n) is 11.2. The average Bonchev–Trinajstić information content (AvgIpc) is 3.61. The number of benzene rings is 2.